The zero-order chi connectivity index (χ0) is 17.4. The van der Waals surface area contributed by atoms with Crippen molar-refractivity contribution in [2.45, 2.75) is 12.5 Å². The number of carbonyl (C=O) groups is 1. The van der Waals surface area contributed by atoms with E-state index in [2.05, 4.69) is 0 Å². The molecule has 0 fully saturated rings. The molecule has 5 N–H and O–H groups in total. The summed E-state index contributed by atoms with van der Waals surface area (Å²) in [5, 5.41) is 49.9. The van der Waals surface area contributed by atoms with Crippen LogP contribution in [0, 0.1) is 0 Å². The van der Waals surface area contributed by atoms with Crippen LogP contribution in [0.25, 0.3) is 0 Å². The van der Waals surface area contributed by atoms with E-state index in [0.29, 0.717) is 0 Å². The highest BCUT2D eigenvalue weighted by Crippen LogP contribution is 2.44. The molecule has 0 aliphatic rings. The lowest BCUT2D eigenvalue weighted by Gasteiger charge is -2.27. The van der Waals surface area contributed by atoms with Gasteiger partial charge in [0.05, 0.1) is 7.11 Å². The summed E-state index contributed by atoms with van der Waals surface area (Å²) in [5.41, 5.74) is -2.70. The monoisotopic (exact) mass is 320 g/mol. The van der Waals surface area contributed by atoms with Gasteiger partial charge in [-0.05, 0) is 31.2 Å². The average Bonchev–Trinajstić information content (AvgIpc) is 2.45. The number of aliphatic hydroxyl groups is 1. The third-order valence-electron chi connectivity index (χ3n) is 3.55. The maximum absolute atomic E-state index is 12.1. The first-order valence-electron chi connectivity index (χ1n) is 6.58. The SMILES string of the molecule is COc1c(O)cc(C(O)(C(C)=O)c2ccc(O)cc2O)cc1O. The Balaban J connectivity index is 2.74. The maximum atomic E-state index is 12.1. The minimum atomic E-state index is -2.33. The van der Waals surface area contributed by atoms with Crippen molar-refractivity contribution in [2.75, 3.05) is 7.11 Å². The summed E-state index contributed by atoms with van der Waals surface area (Å²) in [6, 6.07) is 5.42. The molecule has 2 aromatic carbocycles. The largest absolute Gasteiger partial charge is 0.508 e. The Kier molecular flexibility index (Phi) is 4.07. The number of carbonyl (C=O) groups excluding carboxylic acids is 1. The van der Waals surface area contributed by atoms with Gasteiger partial charge >= 0.3 is 0 Å². The van der Waals surface area contributed by atoms with Crippen molar-refractivity contribution in [3.8, 4) is 28.7 Å². The smallest absolute Gasteiger partial charge is 0.202 e. The summed E-state index contributed by atoms with van der Waals surface area (Å²) < 4.78 is 4.80. The number of phenolic OH excluding ortho intramolecular Hbond substituents is 4. The third-order valence-corrected chi connectivity index (χ3v) is 3.55. The normalized spacial score (nSPS) is 13.3. The molecule has 122 valence electrons. The molecular formula is C16H16O7. The van der Waals surface area contributed by atoms with Gasteiger partial charge in [0.25, 0.3) is 0 Å². The summed E-state index contributed by atoms with van der Waals surface area (Å²) in [5.74, 6) is -2.71. The molecule has 23 heavy (non-hydrogen) atoms. The summed E-state index contributed by atoms with van der Waals surface area (Å²) in [4.78, 5) is 12.1. The van der Waals surface area contributed by atoms with Crippen molar-refractivity contribution in [1.29, 1.82) is 0 Å². The molecule has 7 heteroatoms. The highest BCUT2D eigenvalue weighted by molar-refractivity contribution is 5.91. The van der Waals surface area contributed by atoms with Gasteiger partial charge in [-0.3, -0.25) is 4.79 Å². The van der Waals surface area contributed by atoms with Crippen molar-refractivity contribution in [3.05, 3.63) is 41.5 Å². The molecule has 0 aliphatic carbocycles. The van der Waals surface area contributed by atoms with Crippen LogP contribution < -0.4 is 4.74 Å². The number of hydrogen-bond donors (Lipinski definition) is 5. The lowest BCUT2D eigenvalue weighted by Crippen LogP contribution is -2.35. The molecule has 0 saturated carbocycles. The van der Waals surface area contributed by atoms with Crippen molar-refractivity contribution in [1.82, 2.24) is 0 Å². The van der Waals surface area contributed by atoms with E-state index < -0.39 is 28.6 Å². The van der Waals surface area contributed by atoms with E-state index in [-0.39, 0.29) is 22.6 Å². The zero-order valence-corrected chi connectivity index (χ0v) is 12.4. The number of benzene rings is 2. The van der Waals surface area contributed by atoms with Gasteiger partial charge in [0.15, 0.2) is 22.9 Å². The second-order valence-electron chi connectivity index (χ2n) is 5.02. The van der Waals surface area contributed by atoms with Crippen LogP contribution in [0.15, 0.2) is 30.3 Å². The van der Waals surface area contributed by atoms with Crippen LogP contribution >= 0.6 is 0 Å². The third kappa shape index (κ3) is 2.62. The number of methoxy groups -OCH3 is 1. The quantitative estimate of drug-likeness (QED) is 0.575. The Labute approximate surface area is 131 Å². The van der Waals surface area contributed by atoms with E-state index in [1.54, 1.807) is 0 Å². The average molecular weight is 320 g/mol. The van der Waals surface area contributed by atoms with Crippen LogP contribution in [0.2, 0.25) is 0 Å². The Morgan fingerprint density at radius 3 is 2.00 bits per heavy atom. The number of Topliss-reactive ketones (excluding diaryl/α,β-unsaturated/α-hetero) is 1. The minimum absolute atomic E-state index is 0.165. The summed E-state index contributed by atoms with van der Waals surface area (Å²) in [6.45, 7) is 1.09. The zero-order valence-electron chi connectivity index (χ0n) is 12.4. The topological polar surface area (TPSA) is 127 Å². The number of rotatable bonds is 4. The van der Waals surface area contributed by atoms with Gasteiger partial charge in [0, 0.05) is 17.2 Å². The first-order chi connectivity index (χ1) is 10.7. The second-order valence-corrected chi connectivity index (χ2v) is 5.02. The lowest BCUT2D eigenvalue weighted by molar-refractivity contribution is -0.132. The van der Waals surface area contributed by atoms with Crippen LogP contribution in [0.4, 0.5) is 0 Å². The molecule has 0 radical (unpaired) electrons. The molecular weight excluding hydrogens is 304 g/mol. The summed E-state index contributed by atoms with van der Waals surface area (Å²) in [7, 11) is 1.23. The second kappa shape index (κ2) is 5.69. The molecule has 7 nitrogen and oxygen atoms in total. The van der Waals surface area contributed by atoms with E-state index >= 15 is 0 Å². The fraction of sp³-hybridized carbons (Fsp3) is 0.188. The Bertz CT molecular complexity index is 746. The number of ether oxygens (including phenoxy) is 1. The van der Waals surface area contributed by atoms with Gasteiger partial charge in [0.1, 0.15) is 11.5 Å². The first kappa shape index (κ1) is 16.4. The number of aromatic hydroxyl groups is 4. The van der Waals surface area contributed by atoms with Crippen molar-refractivity contribution in [3.63, 3.8) is 0 Å². The van der Waals surface area contributed by atoms with Gasteiger partial charge in [-0.1, -0.05) is 0 Å². The molecule has 0 spiro atoms. The summed E-state index contributed by atoms with van der Waals surface area (Å²) in [6.07, 6.45) is 0. The Morgan fingerprint density at radius 1 is 1.00 bits per heavy atom. The molecule has 0 aromatic heterocycles. The molecule has 0 heterocycles. The van der Waals surface area contributed by atoms with Crippen LogP contribution in [0.3, 0.4) is 0 Å². The lowest BCUT2D eigenvalue weighted by atomic mass is 9.82. The van der Waals surface area contributed by atoms with Crippen LogP contribution in [-0.2, 0) is 10.4 Å². The molecule has 2 rings (SSSR count). The summed E-state index contributed by atoms with van der Waals surface area (Å²) >= 11 is 0. The van der Waals surface area contributed by atoms with E-state index in [0.717, 1.165) is 25.1 Å². The molecule has 0 aliphatic heterocycles. The van der Waals surface area contributed by atoms with Crippen LogP contribution in [0.1, 0.15) is 18.1 Å². The van der Waals surface area contributed by atoms with Crippen molar-refractivity contribution in [2.24, 2.45) is 0 Å². The standard InChI is InChI=1S/C16H16O7/c1-8(17)16(22,11-4-3-10(18)7-12(11)19)9-5-13(20)15(23-2)14(21)6-9/h3-7,18-22H,1-2H3. The van der Waals surface area contributed by atoms with Crippen LogP contribution in [-0.4, -0.2) is 38.4 Å². The van der Waals surface area contributed by atoms with E-state index in [4.69, 9.17) is 4.74 Å². The molecule has 0 bridgehead atoms. The molecule has 1 atom stereocenters. The number of hydrogen-bond acceptors (Lipinski definition) is 7. The molecule has 1 unspecified atom stereocenters. The predicted molar refractivity (Wildman–Crippen MR) is 79.8 cm³/mol. The van der Waals surface area contributed by atoms with Gasteiger partial charge in [-0.2, -0.15) is 0 Å². The predicted octanol–water partition coefficient (Wildman–Crippen LogP) is 1.34. The van der Waals surface area contributed by atoms with Gasteiger partial charge < -0.3 is 30.3 Å². The highest BCUT2D eigenvalue weighted by atomic mass is 16.5. The first-order valence-corrected chi connectivity index (χ1v) is 6.58. The van der Waals surface area contributed by atoms with Gasteiger partial charge in [-0.15, -0.1) is 0 Å². The molecule has 0 saturated heterocycles. The van der Waals surface area contributed by atoms with E-state index in [1.165, 1.54) is 19.2 Å². The maximum Gasteiger partial charge on any atom is 0.202 e. The van der Waals surface area contributed by atoms with E-state index in [1.807, 2.05) is 0 Å². The van der Waals surface area contributed by atoms with Gasteiger partial charge in [-0.25, -0.2) is 0 Å². The van der Waals surface area contributed by atoms with Crippen molar-refractivity contribution >= 4 is 5.78 Å². The highest BCUT2D eigenvalue weighted by Gasteiger charge is 2.40. The number of ketones is 1. The number of phenols is 4. The van der Waals surface area contributed by atoms with Crippen molar-refractivity contribution < 1.29 is 35.1 Å². The van der Waals surface area contributed by atoms with Gasteiger partial charge in [0.2, 0.25) is 5.75 Å². The fourth-order valence-corrected chi connectivity index (χ4v) is 2.39. The molecule has 2 aromatic rings. The van der Waals surface area contributed by atoms with E-state index in [9.17, 15) is 30.3 Å². The fourth-order valence-electron chi connectivity index (χ4n) is 2.39. The minimum Gasteiger partial charge on any atom is -0.508 e. The van der Waals surface area contributed by atoms with Crippen LogP contribution in [0.5, 0.6) is 28.7 Å². The Morgan fingerprint density at radius 2 is 1.57 bits per heavy atom. The Hall–Kier alpha value is -2.93. The molecule has 0 amide bonds.